The lowest BCUT2D eigenvalue weighted by atomic mass is 10.1. The van der Waals surface area contributed by atoms with E-state index in [2.05, 4.69) is 10.1 Å². The molecule has 1 aliphatic rings. The maximum absolute atomic E-state index is 13.3. The molecule has 4 rings (SSSR count). The Bertz CT molecular complexity index is 1100. The second kappa shape index (κ2) is 7.71. The molecule has 0 bridgehead atoms. The maximum Gasteiger partial charge on any atom is 0.416 e. The van der Waals surface area contributed by atoms with E-state index in [0.717, 1.165) is 6.07 Å². The number of halogens is 5. The first-order valence-corrected chi connectivity index (χ1v) is 9.32. The maximum atomic E-state index is 13.3. The highest BCUT2D eigenvalue weighted by Crippen LogP contribution is 2.35. The van der Waals surface area contributed by atoms with Crippen LogP contribution < -0.4 is 0 Å². The number of hydrogen-bond donors (Lipinski definition) is 0. The number of amides is 1. The Labute approximate surface area is 173 Å². The summed E-state index contributed by atoms with van der Waals surface area (Å²) in [5.74, 6) is -0.972. The van der Waals surface area contributed by atoms with E-state index < -0.39 is 23.5 Å². The Balaban J connectivity index is 1.51. The van der Waals surface area contributed by atoms with Gasteiger partial charge in [0.1, 0.15) is 5.82 Å². The lowest BCUT2D eigenvalue weighted by molar-refractivity contribution is -0.139. The van der Waals surface area contributed by atoms with Crippen molar-refractivity contribution in [1.29, 1.82) is 0 Å². The number of benzene rings is 2. The van der Waals surface area contributed by atoms with Crippen LogP contribution in [0.5, 0.6) is 0 Å². The van der Waals surface area contributed by atoms with Crippen molar-refractivity contribution in [3.63, 3.8) is 0 Å². The molecular formula is C20H14ClF4N3O2. The van der Waals surface area contributed by atoms with Gasteiger partial charge in [-0.15, -0.1) is 0 Å². The van der Waals surface area contributed by atoms with E-state index in [1.807, 2.05) is 0 Å². The Morgan fingerprint density at radius 3 is 2.70 bits per heavy atom. The lowest BCUT2D eigenvalue weighted by Gasteiger charge is -2.19. The minimum Gasteiger partial charge on any atom is -0.339 e. The topological polar surface area (TPSA) is 59.2 Å². The first-order chi connectivity index (χ1) is 14.2. The molecule has 0 aliphatic carbocycles. The molecule has 1 fully saturated rings. The number of alkyl halides is 3. The van der Waals surface area contributed by atoms with Gasteiger partial charge >= 0.3 is 6.18 Å². The van der Waals surface area contributed by atoms with Crippen molar-refractivity contribution in [2.75, 3.05) is 6.54 Å². The minimum absolute atomic E-state index is 0.0196. The quantitative estimate of drug-likeness (QED) is 0.533. The smallest absolute Gasteiger partial charge is 0.339 e. The molecule has 3 aromatic rings. The molecule has 0 saturated carbocycles. The van der Waals surface area contributed by atoms with Crippen molar-refractivity contribution >= 4 is 17.5 Å². The van der Waals surface area contributed by atoms with Crippen molar-refractivity contribution in [3.8, 4) is 11.4 Å². The van der Waals surface area contributed by atoms with Crippen LogP contribution >= 0.6 is 11.6 Å². The van der Waals surface area contributed by atoms with Crippen LogP contribution in [0.4, 0.5) is 17.6 Å². The highest BCUT2D eigenvalue weighted by Gasteiger charge is 2.37. The van der Waals surface area contributed by atoms with Gasteiger partial charge in [-0.1, -0.05) is 35.0 Å². The highest BCUT2D eigenvalue weighted by molar-refractivity contribution is 6.31. The number of aromatic nitrogens is 2. The molecule has 30 heavy (non-hydrogen) atoms. The third-order valence-electron chi connectivity index (χ3n) is 4.87. The Morgan fingerprint density at radius 2 is 1.97 bits per heavy atom. The van der Waals surface area contributed by atoms with Crippen LogP contribution in [-0.4, -0.2) is 27.5 Å². The zero-order chi connectivity index (χ0) is 21.5. The molecule has 0 radical (unpaired) electrons. The average molecular weight is 440 g/mol. The van der Waals surface area contributed by atoms with E-state index >= 15 is 0 Å². The number of carbonyl (C=O) groups is 1. The molecule has 1 aromatic heterocycles. The summed E-state index contributed by atoms with van der Waals surface area (Å²) in [7, 11) is 0. The second-order valence-electron chi connectivity index (χ2n) is 6.92. The fraction of sp³-hybridized carbons (Fsp3) is 0.250. The second-order valence-corrected chi connectivity index (χ2v) is 7.32. The lowest BCUT2D eigenvalue weighted by Crippen LogP contribution is -2.26. The third kappa shape index (κ3) is 4.02. The molecule has 1 unspecified atom stereocenters. The molecule has 156 valence electrons. The zero-order valence-corrected chi connectivity index (χ0v) is 16.0. The Morgan fingerprint density at radius 1 is 1.20 bits per heavy atom. The van der Waals surface area contributed by atoms with Crippen LogP contribution in [0, 0.1) is 5.82 Å². The van der Waals surface area contributed by atoms with Crippen molar-refractivity contribution in [1.82, 2.24) is 15.0 Å². The standard InChI is InChI=1S/C20H14ClF4N3O2/c21-15-7-11(5-6-16(15)22)18-26-19(30-27-18)13-8-17(29)28(10-13)9-12-3-1-2-4-14(12)20(23,24)25/h1-7,13H,8-10H2. The van der Waals surface area contributed by atoms with Crippen LogP contribution in [0.25, 0.3) is 11.4 Å². The van der Waals surface area contributed by atoms with E-state index in [0.29, 0.717) is 5.56 Å². The van der Waals surface area contributed by atoms with E-state index in [1.54, 1.807) is 0 Å². The van der Waals surface area contributed by atoms with Gasteiger partial charge in [0.05, 0.1) is 16.5 Å². The van der Waals surface area contributed by atoms with Gasteiger partial charge in [-0.3, -0.25) is 4.79 Å². The summed E-state index contributed by atoms with van der Waals surface area (Å²) in [6.45, 7) is -0.0174. The summed E-state index contributed by atoms with van der Waals surface area (Å²) >= 11 is 5.77. The van der Waals surface area contributed by atoms with E-state index in [9.17, 15) is 22.4 Å². The van der Waals surface area contributed by atoms with Crippen molar-refractivity contribution in [3.05, 3.63) is 70.3 Å². The predicted octanol–water partition coefficient (Wildman–Crippen LogP) is 5.06. The van der Waals surface area contributed by atoms with Crippen LogP contribution in [0.15, 0.2) is 47.0 Å². The van der Waals surface area contributed by atoms with Crippen molar-refractivity contribution in [2.45, 2.75) is 25.1 Å². The van der Waals surface area contributed by atoms with E-state index in [1.165, 1.54) is 41.3 Å². The third-order valence-corrected chi connectivity index (χ3v) is 5.16. The number of rotatable bonds is 4. The van der Waals surface area contributed by atoms with Gasteiger partial charge in [0.2, 0.25) is 17.6 Å². The molecule has 2 aromatic carbocycles. The normalized spacial score (nSPS) is 17.0. The van der Waals surface area contributed by atoms with Crippen LogP contribution in [0.2, 0.25) is 5.02 Å². The number of nitrogens with zero attached hydrogens (tertiary/aromatic N) is 3. The summed E-state index contributed by atoms with van der Waals surface area (Å²) < 4.78 is 58.2. The number of likely N-dealkylation sites (tertiary alicyclic amines) is 1. The van der Waals surface area contributed by atoms with Gasteiger partial charge in [-0.05, 0) is 29.8 Å². The number of hydrogen-bond acceptors (Lipinski definition) is 4. The Kier molecular flexibility index (Phi) is 5.23. The number of carbonyl (C=O) groups excluding carboxylic acids is 1. The first kappa shape index (κ1) is 20.3. The summed E-state index contributed by atoms with van der Waals surface area (Å²) in [5.41, 5.74) is -0.308. The van der Waals surface area contributed by atoms with Gasteiger partial charge in [0.25, 0.3) is 0 Å². The van der Waals surface area contributed by atoms with E-state index in [4.69, 9.17) is 16.1 Å². The van der Waals surface area contributed by atoms with Gasteiger partial charge < -0.3 is 9.42 Å². The zero-order valence-electron chi connectivity index (χ0n) is 15.3. The highest BCUT2D eigenvalue weighted by atomic mass is 35.5. The molecule has 1 saturated heterocycles. The van der Waals surface area contributed by atoms with Crippen molar-refractivity contribution in [2.24, 2.45) is 0 Å². The predicted molar refractivity (Wildman–Crippen MR) is 98.9 cm³/mol. The molecule has 1 amide bonds. The van der Waals surface area contributed by atoms with Crippen LogP contribution in [-0.2, 0) is 17.5 Å². The summed E-state index contributed by atoms with van der Waals surface area (Å²) in [6, 6.07) is 9.12. The molecule has 1 aliphatic heterocycles. The summed E-state index contributed by atoms with van der Waals surface area (Å²) in [6.07, 6.45) is -4.46. The SMILES string of the molecule is O=C1CC(c2nc(-c3ccc(F)c(Cl)c3)no2)CN1Cc1ccccc1C(F)(F)F. The van der Waals surface area contributed by atoms with E-state index in [-0.39, 0.29) is 47.7 Å². The average Bonchev–Trinajstić information content (AvgIpc) is 3.31. The minimum atomic E-state index is -4.50. The fourth-order valence-corrected chi connectivity index (χ4v) is 3.56. The fourth-order valence-electron chi connectivity index (χ4n) is 3.38. The monoisotopic (exact) mass is 439 g/mol. The Hall–Kier alpha value is -2.94. The summed E-state index contributed by atoms with van der Waals surface area (Å²) in [5, 5.41) is 3.74. The van der Waals surface area contributed by atoms with Crippen molar-refractivity contribution < 1.29 is 26.9 Å². The molecule has 0 N–H and O–H groups in total. The molecule has 10 heteroatoms. The largest absolute Gasteiger partial charge is 0.416 e. The molecule has 1 atom stereocenters. The molecular weight excluding hydrogens is 426 g/mol. The van der Waals surface area contributed by atoms with Gasteiger partial charge in [0.15, 0.2) is 0 Å². The molecule has 0 spiro atoms. The first-order valence-electron chi connectivity index (χ1n) is 8.94. The summed E-state index contributed by atoms with van der Waals surface area (Å²) in [4.78, 5) is 18.0. The van der Waals surface area contributed by atoms with Crippen LogP contribution in [0.1, 0.15) is 29.4 Å². The van der Waals surface area contributed by atoms with Gasteiger partial charge in [-0.25, -0.2) is 4.39 Å². The van der Waals surface area contributed by atoms with Gasteiger partial charge in [-0.2, -0.15) is 18.2 Å². The van der Waals surface area contributed by atoms with Gasteiger partial charge in [0, 0.05) is 25.1 Å². The molecule has 5 nitrogen and oxygen atoms in total. The molecule has 2 heterocycles. The van der Waals surface area contributed by atoms with Crippen LogP contribution in [0.3, 0.4) is 0 Å².